The average molecular weight is 319 g/mol. The van der Waals surface area contributed by atoms with Gasteiger partial charge in [0.1, 0.15) is 5.75 Å². The molecule has 2 aromatic rings. The maximum atomic E-state index is 12.0. The van der Waals surface area contributed by atoms with E-state index in [-0.39, 0.29) is 11.6 Å². The van der Waals surface area contributed by atoms with Crippen LogP contribution in [0.5, 0.6) is 5.75 Å². The zero-order valence-corrected chi connectivity index (χ0v) is 13.5. The molecule has 120 valence electrons. The number of carbonyl (C=O) groups is 1. The van der Waals surface area contributed by atoms with Crippen molar-refractivity contribution in [3.63, 3.8) is 0 Å². The van der Waals surface area contributed by atoms with E-state index in [9.17, 15) is 4.79 Å². The third-order valence-electron chi connectivity index (χ3n) is 3.56. The molecule has 0 radical (unpaired) electrons. The Hall–Kier alpha value is -3.14. The van der Waals surface area contributed by atoms with Gasteiger partial charge in [-0.2, -0.15) is 0 Å². The fourth-order valence-corrected chi connectivity index (χ4v) is 2.27. The number of ether oxygens (including phenoxy) is 2. The first-order chi connectivity index (χ1) is 11.7. The zero-order chi connectivity index (χ0) is 16.9. The number of nitrogens with zero attached hydrogens (tertiary/aromatic N) is 1. The van der Waals surface area contributed by atoms with E-state index in [0.717, 1.165) is 11.1 Å². The highest BCUT2D eigenvalue weighted by atomic mass is 16.6. The molecule has 0 N–H and O–H groups in total. The molecule has 0 spiro atoms. The molecule has 1 aliphatic rings. The Labute approximate surface area is 140 Å². The Morgan fingerprint density at radius 1 is 1.04 bits per heavy atom. The van der Waals surface area contributed by atoms with Gasteiger partial charge in [0, 0.05) is 11.6 Å². The van der Waals surface area contributed by atoms with Crippen LogP contribution in [0.2, 0.25) is 0 Å². The summed E-state index contributed by atoms with van der Waals surface area (Å²) in [6.45, 7) is 2.03. The largest absolute Gasteiger partial charge is 0.496 e. The minimum Gasteiger partial charge on any atom is -0.496 e. The van der Waals surface area contributed by atoms with Gasteiger partial charge in [-0.1, -0.05) is 48.0 Å². The summed E-state index contributed by atoms with van der Waals surface area (Å²) in [4.78, 5) is 16.2. The molecule has 0 saturated carbocycles. The van der Waals surface area contributed by atoms with Gasteiger partial charge < -0.3 is 9.47 Å². The average Bonchev–Trinajstić information content (AvgIpc) is 2.95. The van der Waals surface area contributed by atoms with Crippen LogP contribution < -0.4 is 4.74 Å². The van der Waals surface area contributed by atoms with E-state index in [2.05, 4.69) is 4.99 Å². The Balaban J connectivity index is 1.82. The number of aliphatic imine (C=N–C) groups is 1. The molecule has 4 nitrogen and oxygen atoms in total. The van der Waals surface area contributed by atoms with E-state index in [0.29, 0.717) is 5.75 Å². The van der Waals surface area contributed by atoms with Gasteiger partial charge in [-0.05, 0) is 30.7 Å². The quantitative estimate of drug-likeness (QED) is 0.632. The van der Waals surface area contributed by atoms with Crippen molar-refractivity contribution < 1.29 is 14.3 Å². The first-order valence-corrected chi connectivity index (χ1v) is 7.56. The smallest absolute Gasteiger partial charge is 0.363 e. The van der Waals surface area contributed by atoms with E-state index >= 15 is 0 Å². The van der Waals surface area contributed by atoms with Crippen LogP contribution in [-0.2, 0) is 9.53 Å². The summed E-state index contributed by atoms with van der Waals surface area (Å²) in [5.74, 6) is 0.489. The Kier molecular flexibility index (Phi) is 4.57. The lowest BCUT2D eigenvalue weighted by molar-refractivity contribution is -0.129. The van der Waals surface area contributed by atoms with Crippen LogP contribution in [0, 0.1) is 6.92 Å². The summed E-state index contributed by atoms with van der Waals surface area (Å²) in [5.41, 5.74) is 3.24. The lowest BCUT2D eigenvalue weighted by Gasteiger charge is -2.03. The monoisotopic (exact) mass is 319 g/mol. The standard InChI is InChI=1S/C20H17NO3/c1-14-7-9-15(10-8-14)11-12-19-21-17(20(22)24-19)13-16-5-3-4-6-18(16)23-2/h3-13H,1-2H3/b12-11+,17-13?. The lowest BCUT2D eigenvalue weighted by Crippen LogP contribution is -2.01. The van der Waals surface area contributed by atoms with Gasteiger partial charge in [0.15, 0.2) is 5.70 Å². The van der Waals surface area contributed by atoms with E-state index < -0.39 is 5.97 Å². The van der Waals surface area contributed by atoms with Gasteiger partial charge in [-0.15, -0.1) is 0 Å². The Bertz CT molecular complexity index is 845. The SMILES string of the molecule is COc1ccccc1C=C1N=C(/C=C/c2ccc(C)cc2)OC1=O. The maximum absolute atomic E-state index is 12.0. The van der Waals surface area contributed by atoms with Crippen molar-refractivity contribution in [1.29, 1.82) is 0 Å². The van der Waals surface area contributed by atoms with Crippen LogP contribution >= 0.6 is 0 Å². The fraction of sp³-hybridized carbons (Fsp3) is 0.100. The van der Waals surface area contributed by atoms with Gasteiger partial charge in [0.2, 0.25) is 5.90 Å². The maximum Gasteiger partial charge on any atom is 0.363 e. The van der Waals surface area contributed by atoms with Crippen molar-refractivity contribution >= 4 is 24.0 Å². The fourth-order valence-electron chi connectivity index (χ4n) is 2.27. The summed E-state index contributed by atoms with van der Waals surface area (Å²) in [7, 11) is 1.59. The van der Waals surface area contributed by atoms with Crippen molar-refractivity contribution in [1.82, 2.24) is 0 Å². The normalized spacial score (nSPS) is 15.7. The van der Waals surface area contributed by atoms with E-state index in [1.807, 2.05) is 61.5 Å². The molecule has 0 unspecified atom stereocenters. The van der Waals surface area contributed by atoms with Crippen molar-refractivity contribution in [2.45, 2.75) is 6.92 Å². The third-order valence-corrected chi connectivity index (χ3v) is 3.56. The third kappa shape index (κ3) is 3.60. The molecule has 3 rings (SSSR count). The van der Waals surface area contributed by atoms with Gasteiger partial charge >= 0.3 is 5.97 Å². The molecule has 1 heterocycles. The minimum absolute atomic E-state index is 0.253. The second kappa shape index (κ2) is 6.96. The Morgan fingerprint density at radius 2 is 1.79 bits per heavy atom. The number of rotatable bonds is 4. The van der Waals surface area contributed by atoms with Crippen LogP contribution in [0.1, 0.15) is 16.7 Å². The summed E-state index contributed by atoms with van der Waals surface area (Å²) < 4.78 is 10.5. The second-order valence-electron chi connectivity index (χ2n) is 5.36. The highest BCUT2D eigenvalue weighted by molar-refractivity contribution is 6.11. The number of carbonyl (C=O) groups excluding carboxylic acids is 1. The van der Waals surface area contributed by atoms with Gasteiger partial charge in [0.25, 0.3) is 0 Å². The number of para-hydroxylation sites is 1. The summed E-state index contributed by atoms with van der Waals surface area (Å²) in [6.07, 6.45) is 5.21. The molecule has 0 saturated heterocycles. The van der Waals surface area contributed by atoms with Crippen molar-refractivity contribution in [3.05, 3.63) is 77.0 Å². The number of hydrogen-bond acceptors (Lipinski definition) is 4. The van der Waals surface area contributed by atoms with Crippen LogP contribution in [-0.4, -0.2) is 19.0 Å². The topological polar surface area (TPSA) is 47.9 Å². The van der Waals surface area contributed by atoms with Gasteiger partial charge in [0.05, 0.1) is 7.11 Å². The highest BCUT2D eigenvalue weighted by Gasteiger charge is 2.21. The summed E-state index contributed by atoms with van der Waals surface area (Å²) in [6, 6.07) is 15.5. The molecular weight excluding hydrogens is 302 g/mol. The van der Waals surface area contributed by atoms with Crippen LogP contribution in [0.15, 0.2) is 65.3 Å². The van der Waals surface area contributed by atoms with Crippen molar-refractivity contribution in [3.8, 4) is 5.75 Å². The molecule has 0 aliphatic carbocycles. The molecule has 2 aromatic carbocycles. The zero-order valence-electron chi connectivity index (χ0n) is 13.5. The number of benzene rings is 2. The number of hydrogen-bond donors (Lipinski definition) is 0. The number of aryl methyl sites for hydroxylation is 1. The van der Waals surface area contributed by atoms with Gasteiger partial charge in [-0.3, -0.25) is 0 Å². The van der Waals surface area contributed by atoms with Crippen LogP contribution in [0.25, 0.3) is 12.2 Å². The van der Waals surface area contributed by atoms with E-state index in [1.54, 1.807) is 19.3 Å². The number of methoxy groups -OCH3 is 1. The molecule has 0 fully saturated rings. The molecule has 1 aliphatic heterocycles. The second-order valence-corrected chi connectivity index (χ2v) is 5.36. The molecule has 0 aromatic heterocycles. The van der Waals surface area contributed by atoms with Gasteiger partial charge in [-0.25, -0.2) is 9.79 Å². The molecule has 4 heteroatoms. The summed E-state index contributed by atoms with van der Waals surface area (Å²) in [5, 5.41) is 0. The first-order valence-electron chi connectivity index (χ1n) is 7.56. The number of cyclic esters (lactones) is 1. The minimum atomic E-state index is -0.468. The first kappa shape index (κ1) is 15.7. The molecule has 0 bridgehead atoms. The molecular formula is C20H17NO3. The number of esters is 1. The lowest BCUT2D eigenvalue weighted by atomic mass is 10.1. The summed E-state index contributed by atoms with van der Waals surface area (Å²) >= 11 is 0. The molecule has 24 heavy (non-hydrogen) atoms. The van der Waals surface area contributed by atoms with E-state index in [1.165, 1.54) is 5.56 Å². The van der Waals surface area contributed by atoms with Crippen molar-refractivity contribution in [2.24, 2.45) is 4.99 Å². The predicted octanol–water partition coefficient (Wildman–Crippen LogP) is 4.01. The van der Waals surface area contributed by atoms with Crippen molar-refractivity contribution in [2.75, 3.05) is 7.11 Å². The molecule has 0 atom stereocenters. The van der Waals surface area contributed by atoms with E-state index in [4.69, 9.17) is 9.47 Å². The Morgan fingerprint density at radius 3 is 2.54 bits per heavy atom. The van der Waals surface area contributed by atoms with Crippen LogP contribution in [0.4, 0.5) is 0 Å². The molecule has 0 amide bonds. The highest BCUT2D eigenvalue weighted by Crippen LogP contribution is 2.23. The van der Waals surface area contributed by atoms with Crippen LogP contribution in [0.3, 0.4) is 0 Å². The predicted molar refractivity (Wildman–Crippen MR) is 94.7 cm³/mol.